The van der Waals surface area contributed by atoms with E-state index in [1.807, 2.05) is 0 Å². The minimum Gasteiger partial charge on any atom is -0.398 e. The molecule has 0 radical (unpaired) electrons. The van der Waals surface area contributed by atoms with Gasteiger partial charge >= 0.3 is 0 Å². The summed E-state index contributed by atoms with van der Waals surface area (Å²) in [5, 5.41) is 7.53. The largest absolute Gasteiger partial charge is 0.398 e. The van der Waals surface area contributed by atoms with Crippen molar-refractivity contribution in [3.63, 3.8) is 0 Å². The lowest BCUT2D eigenvalue weighted by Gasteiger charge is -1.95. The van der Waals surface area contributed by atoms with Crippen molar-refractivity contribution < 1.29 is 4.84 Å². The van der Waals surface area contributed by atoms with Gasteiger partial charge in [0.2, 0.25) is 0 Å². The molecule has 0 spiro atoms. The Balaban J connectivity index is 2.76. The lowest BCUT2D eigenvalue weighted by atomic mass is 10.4. The molecule has 0 aliphatic heterocycles. The molecule has 11 heavy (non-hydrogen) atoms. The zero-order valence-electron chi connectivity index (χ0n) is 5.93. The van der Waals surface area contributed by atoms with Crippen molar-refractivity contribution in [2.45, 2.75) is 0 Å². The van der Waals surface area contributed by atoms with E-state index in [9.17, 15) is 0 Å². The van der Waals surface area contributed by atoms with Crippen LogP contribution in [-0.2, 0) is 0 Å². The summed E-state index contributed by atoms with van der Waals surface area (Å²) in [4.78, 5) is 10.1. The number of fused-ring (bicyclic) bond motifs is 1. The zero-order chi connectivity index (χ0) is 7.68. The number of pyridine rings is 1. The predicted octanol–water partition coefficient (Wildman–Crippen LogP) is -0.115. The van der Waals surface area contributed by atoms with Crippen molar-refractivity contribution in [3.05, 3.63) is 18.5 Å². The molecule has 2 rings (SSSR count). The monoisotopic (exact) mass is 150 g/mol. The van der Waals surface area contributed by atoms with Gasteiger partial charge in [0.15, 0.2) is 0 Å². The van der Waals surface area contributed by atoms with Crippen LogP contribution >= 0.6 is 0 Å². The molecule has 5 heteroatoms. The molecule has 0 saturated carbocycles. The van der Waals surface area contributed by atoms with Gasteiger partial charge in [0.25, 0.3) is 0 Å². The molecule has 56 valence electrons. The first-order chi connectivity index (χ1) is 5.42. The molecule has 0 N–H and O–H groups in total. The fourth-order valence-electron chi connectivity index (χ4n) is 0.889. The van der Waals surface area contributed by atoms with E-state index in [0.717, 1.165) is 11.0 Å². The van der Waals surface area contributed by atoms with E-state index in [2.05, 4.69) is 15.3 Å². The van der Waals surface area contributed by atoms with Crippen molar-refractivity contribution in [1.29, 1.82) is 0 Å². The molecule has 0 saturated heterocycles. The lowest BCUT2D eigenvalue weighted by Crippen LogP contribution is -2.06. The Hall–Kier alpha value is -1.65. The average Bonchev–Trinajstić information content (AvgIpc) is 2.47. The van der Waals surface area contributed by atoms with E-state index < -0.39 is 0 Å². The molecular formula is C6H6N4O. The van der Waals surface area contributed by atoms with Gasteiger partial charge in [-0.25, -0.2) is 0 Å². The van der Waals surface area contributed by atoms with Crippen LogP contribution in [0, 0.1) is 0 Å². The second-order valence-corrected chi connectivity index (χ2v) is 2.01. The SMILES string of the molecule is COn1nnc2cnccc21. The number of rotatable bonds is 1. The molecule has 2 aromatic rings. The van der Waals surface area contributed by atoms with Crippen LogP contribution in [0.25, 0.3) is 11.0 Å². The quantitative estimate of drug-likeness (QED) is 0.569. The van der Waals surface area contributed by atoms with Gasteiger partial charge in [-0.15, -0.1) is 5.10 Å². The minimum absolute atomic E-state index is 0.731. The second-order valence-electron chi connectivity index (χ2n) is 2.01. The van der Waals surface area contributed by atoms with Gasteiger partial charge < -0.3 is 4.84 Å². The maximum Gasteiger partial charge on any atom is 0.135 e. The molecule has 0 fully saturated rings. The number of nitrogens with zero attached hydrogens (tertiary/aromatic N) is 4. The maximum absolute atomic E-state index is 4.88. The Morgan fingerprint density at radius 2 is 2.45 bits per heavy atom. The highest BCUT2D eigenvalue weighted by Gasteiger charge is 2.01. The van der Waals surface area contributed by atoms with E-state index in [0.29, 0.717) is 0 Å². The van der Waals surface area contributed by atoms with E-state index >= 15 is 0 Å². The minimum atomic E-state index is 0.731. The van der Waals surface area contributed by atoms with E-state index in [4.69, 9.17) is 4.84 Å². The summed E-state index contributed by atoms with van der Waals surface area (Å²) in [5.41, 5.74) is 1.55. The van der Waals surface area contributed by atoms with Gasteiger partial charge in [-0.05, 0) is 11.3 Å². The Labute approximate surface area is 62.6 Å². The van der Waals surface area contributed by atoms with Crippen molar-refractivity contribution in [3.8, 4) is 0 Å². The molecule has 0 aliphatic rings. The fraction of sp³-hybridized carbons (Fsp3) is 0.167. The first-order valence-corrected chi connectivity index (χ1v) is 3.12. The van der Waals surface area contributed by atoms with Gasteiger partial charge in [0.05, 0.1) is 6.20 Å². The molecule has 0 aliphatic carbocycles. The summed E-state index contributed by atoms with van der Waals surface area (Å²) in [5.74, 6) is 0. The van der Waals surface area contributed by atoms with Gasteiger partial charge in [-0.1, -0.05) is 4.85 Å². The van der Waals surface area contributed by atoms with Crippen molar-refractivity contribution in [2.24, 2.45) is 0 Å². The van der Waals surface area contributed by atoms with Gasteiger partial charge in [0, 0.05) is 6.20 Å². The lowest BCUT2D eigenvalue weighted by molar-refractivity contribution is 0.139. The smallest absolute Gasteiger partial charge is 0.135 e. The van der Waals surface area contributed by atoms with Crippen LogP contribution < -0.4 is 4.84 Å². The summed E-state index contributed by atoms with van der Waals surface area (Å²) in [6.45, 7) is 0. The Morgan fingerprint density at radius 1 is 1.55 bits per heavy atom. The third-order valence-corrected chi connectivity index (χ3v) is 1.39. The number of hydrogen-bond acceptors (Lipinski definition) is 4. The van der Waals surface area contributed by atoms with Gasteiger partial charge in [-0.2, -0.15) is 0 Å². The van der Waals surface area contributed by atoms with E-state index in [1.54, 1.807) is 18.5 Å². The molecule has 5 nitrogen and oxygen atoms in total. The topological polar surface area (TPSA) is 52.8 Å². The zero-order valence-corrected chi connectivity index (χ0v) is 5.93. The Morgan fingerprint density at radius 3 is 3.27 bits per heavy atom. The predicted molar refractivity (Wildman–Crippen MR) is 37.8 cm³/mol. The number of hydrogen-bond donors (Lipinski definition) is 0. The molecule has 2 aromatic heterocycles. The van der Waals surface area contributed by atoms with Crippen molar-refractivity contribution >= 4 is 11.0 Å². The second kappa shape index (κ2) is 2.19. The average molecular weight is 150 g/mol. The summed E-state index contributed by atoms with van der Waals surface area (Å²) >= 11 is 0. The van der Waals surface area contributed by atoms with Crippen molar-refractivity contribution in [1.82, 2.24) is 20.1 Å². The molecule has 0 aromatic carbocycles. The summed E-state index contributed by atoms with van der Waals surface area (Å²) < 4.78 is 0. The van der Waals surface area contributed by atoms with Gasteiger partial charge in [-0.3, -0.25) is 4.98 Å². The molecule has 0 atom stereocenters. The highest BCUT2D eigenvalue weighted by atomic mass is 16.7. The first-order valence-electron chi connectivity index (χ1n) is 3.12. The maximum atomic E-state index is 4.88. The Bertz CT molecular complexity index is 369. The molecule has 2 heterocycles. The van der Waals surface area contributed by atoms with E-state index in [1.165, 1.54) is 12.0 Å². The fourth-order valence-corrected chi connectivity index (χ4v) is 0.889. The first kappa shape index (κ1) is 6.09. The van der Waals surface area contributed by atoms with Gasteiger partial charge in [0.1, 0.15) is 18.1 Å². The van der Waals surface area contributed by atoms with Crippen LogP contribution in [0.15, 0.2) is 18.5 Å². The van der Waals surface area contributed by atoms with Crippen LogP contribution in [0.3, 0.4) is 0 Å². The summed E-state index contributed by atoms with van der Waals surface area (Å²) in [6.07, 6.45) is 3.30. The van der Waals surface area contributed by atoms with Crippen molar-refractivity contribution in [2.75, 3.05) is 7.11 Å². The third-order valence-electron chi connectivity index (χ3n) is 1.39. The normalized spacial score (nSPS) is 10.3. The molecule has 0 bridgehead atoms. The molecule has 0 amide bonds. The summed E-state index contributed by atoms with van der Waals surface area (Å²) in [7, 11) is 1.54. The Kier molecular flexibility index (Phi) is 1.21. The third kappa shape index (κ3) is 0.813. The highest BCUT2D eigenvalue weighted by molar-refractivity contribution is 5.72. The highest BCUT2D eigenvalue weighted by Crippen LogP contribution is 2.05. The van der Waals surface area contributed by atoms with E-state index in [-0.39, 0.29) is 0 Å². The van der Waals surface area contributed by atoms with Crippen LogP contribution in [0.4, 0.5) is 0 Å². The van der Waals surface area contributed by atoms with Crippen LogP contribution in [0.1, 0.15) is 0 Å². The number of aromatic nitrogens is 4. The van der Waals surface area contributed by atoms with Crippen LogP contribution in [0.2, 0.25) is 0 Å². The van der Waals surface area contributed by atoms with Crippen LogP contribution in [-0.4, -0.2) is 27.3 Å². The standard InChI is InChI=1S/C6H6N4O/c1-11-10-6-2-3-7-4-5(6)8-9-10/h2-4H,1H3. The molecular weight excluding hydrogens is 144 g/mol. The van der Waals surface area contributed by atoms with Crippen LogP contribution in [0.5, 0.6) is 0 Å². The molecule has 0 unspecified atom stereocenters. The summed E-state index contributed by atoms with van der Waals surface area (Å²) in [6, 6.07) is 1.79.